The molecule has 4 heteroatoms. The molecular formula is C12H14FNO2. The molecule has 3 nitrogen and oxygen atoms in total. The second kappa shape index (κ2) is 5.30. The van der Waals surface area contributed by atoms with E-state index in [4.69, 9.17) is 5.11 Å². The highest BCUT2D eigenvalue weighted by molar-refractivity contribution is 5.80. The van der Waals surface area contributed by atoms with E-state index in [-0.39, 0.29) is 5.82 Å². The summed E-state index contributed by atoms with van der Waals surface area (Å²) in [5, 5.41) is 8.56. The van der Waals surface area contributed by atoms with E-state index in [2.05, 4.69) is 0 Å². The first kappa shape index (κ1) is 12.2. The Kier molecular flexibility index (Phi) is 4.05. The summed E-state index contributed by atoms with van der Waals surface area (Å²) in [6, 6.07) is 6.18. The number of rotatable bonds is 4. The van der Waals surface area contributed by atoms with Crippen molar-refractivity contribution in [3.63, 3.8) is 0 Å². The van der Waals surface area contributed by atoms with Crippen molar-refractivity contribution in [1.29, 1.82) is 0 Å². The average molecular weight is 223 g/mol. The van der Waals surface area contributed by atoms with Gasteiger partial charge in [-0.15, -0.1) is 0 Å². The highest BCUT2D eigenvalue weighted by Crippen LogP contribution is 2.14. The van der Waals surface area contributed by atoms with E-state index in [0.29, 0.717) is 12.1 Å². The number of likely N-dealkylation sites (N-methyl/N-ethyl adjacent to an activating group) is 1. The molecule has 16 heavy (non-hydrogen) atoms. The summed E-state index contributed by atoms with van der Waals surface area (Å²) in [6.07, 6.45) is 1.15. The third-order valence-corrected chi connectivity index (χ3v) is 2.11. The number of benzene rings is 1. The third-order valence-electron chi connectivity index (χ3n) is 2.11. The number of carboxylic acid groups (broad SMARTS) is 1. The van der Waals surface area contributed by atoms with Crippen LogP contribution in [0.1, 0.15) is 6.92 Å². The highest BCUT2D eigenvalue weighted by Gasteiger charge is 2.03. The SMILES string of the molecule is CC(=CC(=O)O)CN(C)c1cccc(F)c1. The summed E-state index contributed by atoms with van der Waals surface area (Å²) >= 11 is 0. The maximum atomic E-state index is 12.9. The van der Waals surface area contributed by atoms with Gasteiger partial charge >= 0.3 is 5.97 Å². The maximum Gasteiger partial charge on any atom is 0.328 e. The van der Waals surface area contributed by atoms with Gasteiger partial charge in [-0.2, -0.15) is 0 Å². The zero-order valence-corrected chi connectivity index (χ0v) is 9.27. The Morgan fingerprint density at radius 2 is 2.25 bits per heavy atom. The number of hydrogen-bond acceptors (Lipinski definition) is 2. The Balaban J connectivity index is 2.72. The molecule has 0 unspecified atom stereocenters. The maximum absolute atomic E-state index is 12.9. The lowest BCUT2D eigenvalue weighted by atomic mass is 10.2. The second-order valence-corrected chi connectivity index (χ2v) is 3.66. The molecule has 86 valence electrons. The normalized spacial score (nSPS) is 11.3. The molecule has 0 atom stereocenters. The molecule has 0 aliphatic rings. The molecule has 0 aliphatic heterocycles. The summed E-state index contributed by atoms with van der Waals surface area (Å²) in [7, 11) is 1.79. The van der Waals surface area contributed by atoms with E-state index in [1.165, 1.54) is 12.1 Å². The van der Waals surface area contributed by atoms with Crippen LogP contribution >= 0.6 is 0 Å². The molecule has 0 aromatic heterocycles. The summed E-state index contributed by atoms with van der Waals surface area (Å²) in [5.74, 6) is -1.27. The first-order chi connectivity index (χ1) is 7.49. The molecule has 1 aromatic rings. The fraction of sp³-hybridized carbons (Fsp3) is 0.250. The summed E-state index contributed by atoms with van der Waals surface area (Å²) in [5.41, 5.74) is 1.43. The van der Waals surface area contributed by atoms with Crippen molar-refractivity contribution in [3.8, 4) is 0 Å². The molecule has 0 aliphatic carbocycles. The average Bonchev–Trinajstić information content (AvgIpc) is 2.16. The molecule has 0 bridgehead atoms. The molecule has 0 saturated heterocycles. The minimum Gasteiger partial charge on any atom is -0.478 e. The Morgan fingerprint density at radius 1 is 1.56 bits per heavy atom. The fourth-order valence-electron chi connectivity index (χ4n) is 1.44. The largest absolute Gasteiger partial charge is 0.478 e. The van der Waals surface area contributed by atoms with Gasteiger partial charge in [0.2, 0.25) is 0 Å². The van der Waals surface area contributed by atoms with Gasteiger partial charge in [-0.05, 0) is 30.7 Å². The molecule has 0 heterocycles. The smallest absolute Gasteiger partial charge is 0.328 e. The van der Waals surface area contributed by atoms with E-state index in [0.717, 1.165) is 11.8 Å². The number of aliphatic carboxylic acids is 1. The minimum absolute atomic E-state index is 0.302. The molecule has 1 rings (SSSR count). The lowest BCUT2D eigenvalue weighted by Crippen LogP contribution is -2.19. The first-order valence-electron chi connectivity index (χ1n) is 4.86. The third kappa shape index (κ3) is 3.73. The van der Waals surface area contributed by atoms with Crippen molar-refractivity contribution in [3.05, 3.63) is 41.7 Å². The van der Waals surface area contributed by atoms with Crippen LogP contribution in [0.4, 0.5) is 10.1 Å². The molecule has 0 saturated carbocycles. The lowest BCUT2D eigenvalue weighted by molar-refractivity contribution is -0.131. The first-order valence-corrected chi connectivity index (χ1v) is 4.86. The van der Waals surface area contributed by atoms with Gasteiger partial charge in [0.15, 0.2) is 0 Å². The van der Waals surface area contributed by atoms with Crippen molar-refractivity contribution >= 4 is 11.7 Å². The number of carbonyl (C=O) groups is 1. The summed E-state index contributed by atoms with van der Waals surface area (Å²) in [6.45, 7) is 2.18. The van der Waals surface area contributed by atoms with E-state index < -0.39 is 5.97 Å². The molecule has 0 fully saturated rings. The summed E-state index contributed by atoms with van der Waals surface area (Å²) < 4.78 is 12.9. The number of anilines is 1. The number of nitrogens with zero attached hydrogens (tertiary/aromatic N) is 1. The van der Waals surface area contributed by atoms with Crippen LogP contribution in [-0.2, 0) is 4.79 Å². The van der Waals surface area contributed by atoms with Gasteiger partial charge in [0, 0.05) is 25.4 Å². The van der Waals surface area contributed by atoms with Crippen molar-refractivity contribution in [2.75, 3.05) is 18.5 Å². The van der Waals surface area contributed by atoms with Crippen LogP contribution in [0, 0.1) is 5.82 Å². The van der Waals surface area contributed by atoms with Gasteiger partial charge < -0.3 is 10.0 Å². The Hall–Kier alpha value is -1.84. The van der Waals surface area contributed by atoms with Gasteiger partial charge in [0.25, 0.3) is 0 Å². The van der Waals surface area contributed by atoms with Crippen LogP contribution in [0.5, 0.6) is 0 Å². The van der Waals surface area contributed by atoms with Gasteiger partial charge in [-0.1, -0.05) is 6.07 Å². The van der Waals surface area contributed by atoms with E-state index in [1.54, 1.807) is 31.0 Å². The molecule has 0 spiro atoms. The quantitative estimate of drug-likeness (QED) is 0.796. The van der Waals surface area contributed by atoms with Gasteiger partial charge in [0.05, 0.1) is 0 Å². The van der Waals surface area contributed by atoms with Crippen LogP contribution < -0.4 is 4.90 Å². The van der Waals surface area contributed by atoms with Gasteiger partial charge in [0.1, 0.15) is 5.82 Å². The lowest BCUT2D eigenvalue weighted by Gasteiger charge is -2.19. The zero-order chi connectivity index (χ0) is 12.1. The Morgan fingerprint density at radius 3 is 2.81 bits per heavy atom. The minimum atomic E-state index is -0.967. The van der Waals surface area contributed by atoms with Crippen molar-refractivity contribution in [2.45, 2.75) is 6.92 Å². The van der Waals surface area contributed by atoms with Crippen molar-refractivity contribution in [1.82, 2.24) is 0 Å². The van der Waals surface area contributed by atoms with Crippen LogP contribution in [-0.4, -0.2) is 24.7 Å². The molecule has 1 aromatic carbocycles. The standard InChI is InChI=1S/C12H14FNO2/c1-9(6-12(15)16)8-14(2)11-5-3-4-10(13)7-11/h3-7H,8H2,1-2H3,(H,15,16). The number of halogens is 1. The Labute approximate surface area is 93.8 Å². The Bertz CT molecular complexity index is 415. The van der Waals surface area contributed by atoms with Crippen LogP contribution in [0.3, 0.4) is 0 Å². The predicted octanol–water partition coefficient (Wildman–Crippen LogP) is 2.29. The van der Waals surface area contributed by atoms with Gasteiger partial charge in [-0.25, -0.2) is 9.18 Å². The van der Waals surface area contributed by atoms with Crippen molar-refractivity contribution in [2.24, 2.45) is 0 Å². The zero-order valence-electron chi connectivity index (χ0n) is 9.27. The monoisotopic (exact) mass is 223 g/mol. The number of hydrogen-bond donors (Lipinski definition) is 1. The van der Waals surface area contributed by atoms with E-state index >= 15 is 0 Å². The molecule has 0 amide bonds. The predicted molar refractivity (Wildman–Crippen MR) is 61.1 cm³/mol. The molecular weight excluding hydrogens is 209 g/mol. The fourth-order valence-corrected chi connectivity index (χ4v) is 1.44. The van der Waals surface area contributed by atoms with Crippen molar-refractivity contribution < 1.29 is 14.3 Å². The van der Waals surface area contributed by atoms with E-state index in [1.807, 2.05) is 0 Å². The number of carboxylic acids is 1. The molecule has 0 radical (unpaired) electrons. The second-order valence-electron chi connectivity index (χ2n) is 3.66. The van der Waals surface area contributed by atoms with Gasteiger partial charge in [-0.3, -0.25) is 0 Å². The molecule has 1 N–H and O–H groups in total. The highest BCUT2D eigenvalue weighted by atomic mass is 19.1. The van der Waals surface area contributed by atoms with Crippen LogP contribution in [0.15, 0.2) is 35.9 Å². The van der Waals surface area contributed by atoms with Crippen LogP contribution in [0.25, 0.3) is 0 Å². The van der Waals surface area contributed by atoms with E-state index in [9.17, 15) is 9.18 Å². The summed E-state index contributed by atoms with van der Waals surface area (Å²) in [4.78, 5) is 12.2. The topological polar surface area (TPSA) is 40.5 Å². The van der Waals surface area contributed by atoms with Crippen LogP contribution in [0.2, 0.25) is 0 Å².